The van der Waals surface area contributed by atoms with E-state index in [2.05, 4.69) is 27.7 Å². The number of unbranched alkanes of at least 4 members (excludes halogenated alkanes) is 7. The van der Waals surface area contributed by atoms with Crippen LogP contribution in [0.2, 0.25) is 0 Å². The maximum absolute atomic E-state index is 10.3. The van der Waals surface area contributed by atoms with Crippen LogP contribution in [0.1, 0.15) is 105 Å². The normalized spacial score (nSPS) is 17.2. The van der Waals surface area contributed by atoms with E-state index in [0.717, 1.165) is 0 Å². The van der Waals surface area contributed by atoms with Gasteiger partial charge in [0, 0.05) is 12.5 Å². The molecule has 0 saturated carbocycles. The Balaban J connectivity index is 4.45. The Morgan fingerprint density at radius 1 is 0.818 bits per heavy atom. The highest BCUT2D eigenvalue weighted by Gasteiger charge is 2.34. The van der Waals surface area contributed by atoms with Gasteiger partial charge in [-0.05, 0) is 25.2 Å². The largest absolute Gasteiger partial charge is 0.368 e. The molecule has 0 fully saturated rings. The molecule has 0 spiro atoms. The van der Waals surface area contributed by atoms with Gasteiger partial charge in [0.1, 0.15) is 0 Å². The molecule has 3 atom stereocenters. The maximum atomic E-state index is 10.3. The minimum Gasteiger partial charge on any atom is -0.368 e. The van der Waals surface area contributed by atoms with Crippen molar-refractivity contribution in [1.29, 1.82) is 0 Å². The second-order valence-corrected chi connectivity index (χ2v) is 7.26. The fourth-order valence-corrected chi connectivity index (χ4v) is 3.33. The lowest BCUT2D eigenvalue weighted by molar-refractivity contribution is -0.156. The monoisotopic (exact) mass is 314 g/mol. The van der Waals surface area contributed by atoms with E-state index in [1.54, 1.807) is 0 Å². The van der Waals surface area contributed by atoms with E-state index in [9.17, 15) is 5.11 Å². The Morgan fingerprint density at radius 2 is 1.27 bits per heavy atom. The van der Waals surface area contributed by atoms with E-state index in [0.29, 0.717) is 6.61 Å². The van der Waals surface area contributed by atoms with Gasteiger partial charge in [-0.25, -0.2) is 0 Å². The van der Waals surface area contributed by atoms with Gasteiger partial charge in [-0.15, -0.1) is 0 Å². The van der Waals surface area contributed by atoms with Crippen molar-refractivity contribution in [2.45, 2.75) is 112 Å². The Hall–Kier alpha value is -0.0800. The summed E-state index contributed by atoms with van der Waals surface area (Å²) in [4.78, 5) is 0. The van der Waals surface area contributed by atoms with E-state index in [-0.39, 0.29) is 11.3 Å². The van der Waals surface area contributed by atoms with Crippen molar-refractivity contribution in [2.24, 2.45) is 11.3 Å². The van der Waals surface area contributed by atoms with Crippen LogP contribution < -0.4 is 0 Å². The Morgan fingerprint density at radius 3 is 1.73 bits per heavy atom. The zero-order valence-electron chi connectivity index (χ0n) is 16.0. The molecule has 2 heteroatoms. The molecule has 0 aliphatic carbocycles. The van der Waals surface area contributed by atoms with Gasteiger partial charge in [0.05, 0.1) is 0 Å². The summed E-state index contributed by atoms with van der Waals surface area (Å²) in [6.45, 7) is 11.6. The average Bonchev–Trinajstić information content (AvgIpc) is 2.51. The fourth-order valence-electron chi connectivity index (χ4n) is 3.33. The SMILES string of the molecule is CCCCCCCC(C)(CCCCCC)[C@H](C)[C@@H](O)OCC. The quantitative estimate of drug-likeness (QED) is 0.283. The first-order valence-electron chi connectivity index (χ1n) is 9.81. The molecule has 0 radical (unpaired) electrons. The van der Waals surface area contributed by atoms with E-state index >= 15 is 0 Å². The van der Waals surface area contributed by atoms with Gasteiger partial charge < -0.3 is 9.84 Å². The first-order chi connectivity index (χ1) is 10.5. The molecule has 0 aliphatic heterocycles. The summed E-state index contributed by atoms with van der Waals surface area (Å²) >= 11 is 0. The van der Waals surface area contributed by atoms with Crippen molar-refractivity contribution in [3.63, 3.8) is 0 Å². The Labute approximate surface area is 140 Å². The lowest BCUT2D eigenvalue weighted by Crippen LogP contribution is -2.36. The number of hydrogen-bond acceptors (Lipinski definition) is 2. The molecule has 0 amide bonds. The van der Waals surface area contributed by atoms with Crippen LogP contribution in [-0.2, 0) is 4.74 Å². The van der Waals surface area contributed by atoms with Crippen molar-refractivity contribution >= 4 is 0 Å². The number of aliphatic hydroxyl groups is 1. The molecule has 0 aromatic carbocycles. The predicted molar refractivity (Wildman–Crippen MR) is 97.0 cm³/mol. The van der Waals surface area contributed by atoms with Crippen molar-refractivity contribution in [3.8, 4) is 0 Å². The highest BCUT2D eigenvalue weighted by molar-refractivity contribution is 4.82. The number of aliphatic hydroxyl groups excluding tert-OH is 1. The van der Waals surface area contributed by atoms with Gasteiger partial charge in [0.25, 0.3) is 0 Å². The standard InChI is InChI=1S/C20H42O2/c1-6-9-11-13-15-17-20(5,16-14-12-10-7-2)18(4)19(21)22-8-3/h18-19,21H,6-17H2,1-5H3/t18-,19+,20?/m1/s1. The van der Waals surface area contributed by atoms with Crippen LogP contribution in [0.3, 0.4) is 0 Å². The van der Waals surface area contributed by atoms with Crippen LogP contribution in [0.5, 0.6) is 0 Å². The van der Waals surface area contributed by atoms with E-state index in [4.69, 9.17) is 4.74 Å². The van der Waals surface area contributed by atoms with E-state index in [1.165, 1.54) is 70.6 Å². The average molecular weight is 315 g/mol. The smallest absolute Gasteiger partial charge is 0.157 e. The first-order valence-corrected chi connectivity index (χ1v) is 9.81. The summed E-state index contributed by atoms with van der Waals surface area (Å²) in [6, 6.07) is 0. The Bertz CT molecular complexity index is 242. The number of ether oxygens (including phenoxy) is 1. The predicted octanol–water partition coefficient (Wildman–Crippen LogP) is 6.31. The molecule has 0 rings (SSSR count). The topological polar surface area (TPSA) is 29.5 Å². The molecular formula is C20H42O2. The number of hydrogen-bond donors (Lipinski definition) is 1. The molecule has 22 heavy (non-hydrogen) atoms. The molecular weight excluding hydrogens is 272 g/mol. The third-order valence-corrected chi connectivity index (χ3v) is 5.32. The minimum absolute atomic E-state index is 0.203. The van der Waals surface area contributed by atoms with Gasteiger partial charge in [0.15, 0.2) is 6.29 Å². The van der Waals surface area contributed by atoms with Gasteiger partial charge in [0.2, 0.25) is 0 Å². The van der Waals surface area contributed by atoms with Crippen LogP contribution in [-0.4, -0.2) is 18.0 Å². The van der Waals surface area contributed by atoms with Crippen molar-refractivity contribution in [3.05, 3.63) is 0 Å². The summed E-state index contributed by atoms with van der Waals surface area (Å²) in [6.07, 6.45) is 13.6. The van der Waals surface area contributed by atoms with Crippen LogP contribution in [0.25, 0.3) is 0 Å². The van der Waals surface area contributed by atoms with E-state index in [1.807, 2.05) is 6.92 Å². The third-order valence-electron chi connectivity index (χ3n) is 5.32. The summed E-state index contributed by atoms with van der Waals surface area (Å²) in [5.74, 6) is 0.209. The number of rotatable bonds is 15. The zero-order chi connectivity index (χ0) is 16.8. The molecule has 0 aliphatic rings. The highest BCUT2D eigenvalue weighted by atomic mass is 16.6. The van der Waals surface area contributed by atoms with Crippen molar-refractivity contribution < 1.29 is 9.84 Å². The Kier molecular flexibility index (Phi) is 13.3. The van der Waals surface area contributed by atoms with Crippen LogP contribution >= 0.6 is 0 Å². The van der Waals surface area contributed by atoms with Crippen molar-refractivity contribution in [1.82, 2.24) is 0 Å². The van der Waals surface area contributed by atoms with Gasteiger partial charge >= 0.3 is 0 Å². The molecule has 0 aromatic heterocycles. The summed E-state index contributed by atoms with van der Waals surface area (Å²) in [5, 5.41) is 10.3. The third kappa shape index (κ3) is 9.15. The fraction of sp³-hybridized carbons (Fsp3) is 1.00. The molecule has 134 valence electrons. The lowest BCUT2D eigenvalue weighted by atomic mass is 9.70. The molecule has 0 heterocycles. The van der Waals surface area contributed by atoms with Gasteiger partial charge in [-0.1, -0.05) is 85.5 Å². The molecule has 1 N–H and O–H groups in total. The molecule has 2 nitrogen and oxygen atoms in total. The van der Waals surface area contributed by atoms with Crippen LogP contribution in [0, 0.1) is 11.3 Å². The minimum atomic E-state index is -0.614. The maximum Gasteiger partial charge on any atom is 0.157 e. The lowest BCUT2D eigenvalue weighted by Gasteiger charge is -2.38. The second kappa shape index (κ2) is 13.4. The molecule has 1 unspecified atom stereocenters. The van der Waals surface area contributed by atoms with Gasteiger partial charge in [-0.3, -0.25) is 0 Å². The summed E-state index contributed by atoms with van der Waals surface area (Å²) in [5.41, 5.74) is 0.203. The van der Waals surface area contributed by atoms with E-state index < -0.39 is 6.29 Å². The molecule has 0 bridgehead atoms. The van der Waals surface area contributed by atoms with Crippen molar-refractivity contribution in [2.75, 3.05) is 6.61 Å². The van der Waals surface area contributed by atoms with Crippen LogP contribution in [0.4, 0.5) is 0 Å². The zero-order valence-corrected chi connectivity index (χ0v) is 16.0. The molecule has 0 aromatic rings. The summed E-state index contributed by atoms with van der Waals surface area (Å²) < 4.78 is 5.48. The van der Waals surface area contributed by atoms with Gasteiger partial charge in [-0.2, -0.15) is 0 Å². The van der Waals surface area contributed by atoms with Crippen LogP contribution in [0.15, 0.2) is 0 Å². The summed E-state index contributed by atoms with van der Waals surface area (Å²) in [7, 11) is 0. The first kappa shape index (κ1) is 21.9. The molecule has 0 saturated heterocycles. The second-order valence-electron chi connectivity index (χ2n) is 7.26. The highest BCUT2D eigenvalue weighted by Crippen LogP contribution is 2.40.